The lowest BCUT2D eigenvalue weighted by atomic mass is 10.2. The fourth-order valence-electron chi connectivity index (χ4n) is 2.61. The number of ether oxygens (including phenoxy) is 1. The molecule has 0 saturated carbocycles. The first kappa shape index (κ1) is 15.8. The summed E-state index contributed by atoms with van der Waals surface area (Å²) in [4.78, 5) is 16.9. The highest BCUT2D eigenvalue weighted by Gasteiger charge is 2.13. The number of benzene rings is 2. The number of rotatable bonds is 4. The molecule has 0 atom stereocenters. The Kier molecular flexibility index (Phi) is 4.07. The number of fused-ring (bicyclic) bond motifs is 1. The normalized spacial score (nSPS) is 10.7. The number of para-hydroxylation sites is 3. The number of carbonyl (C=O) groups excluding carboxylic acids is 1. The molecule has 0 fully saturated rings. The molecule has 0 aliphatic rings. The van der Waals surface area contributed by atoms with Gasteiger partial charge in [-0.05, 0) is 37.3 Å². The molecule has 2 aromatic heterocycles. The Morgan fingerprint density at radius 3 is 2.69 bits per heavy atom. The lowest BCUT2D eigenvalue weighted by molar-refractivity contribution is 0.102. The van der Waals surface area contributed by atoms with Gasteiger partial charge in [0.05, 0.1) is 11.3 Å². The fraction of sp³-hybridized carbons (Fsp3) is 0.0500. The van der Waals surface area contributed by atoms with Crippen molar-refractivity contribution in [3.63, 3.8) is 0 Å². The lowest BCUT2D eigenvalue weighted by Crippen LogP contribution is -2.12. The van der Waals surface area contributed by atoms with Gasteiger partial charge in [0.2, 0.25) is 0 Å². The van der Waals surface area contributed by atoms with E-state index < -0.39 is 0 Å². The van der Waals surface area contributed by atoms with Gasteiger partial charge in [0.15, 0.2) is 11.4 Å². The van der Waals surface area contributed by atoms with Crippen molar-refractivity contribution in [2.75, 3.05) is 5.32 Å². The summed E-state index contributed by atoms with van der Waals surface area (Å²) < 4.78 is 5.88. The number of aromatic amines is 1. The average molecular weight is 344 g/mol. The molecule has 4 aromatic rings. The number of amides is 1. The summed E-state index contributed by atoms with van der Waals surface area (Å²) in [6.07, 6.45) is 1.51. The van der Waals surface area contributed by atoms with E-state index in [9.17, 15) is 4.79 Å². The van der Waals surface area contributed by atoms with Gasteiger partial charge in [-0.15, -0.1) is 0 Å². The molecule has 2 heterocycles. The first-order valence-electron chi connectivity index (χ1n) is 8.15. The van der Waals surface area contributed by atoms with Crippen LogP contribution in [-0.4, -0.2) is 21.1 Å². The number of nitrogens with zero attached hydrogens (tertiary/aromatic N) is 2. The smallest absolute Gasteiger partial charge is 0.257 e. The van der Waals surface area contributed by atoms with E-state index >= 15 is 0 Å². The van der Waals surface area contributed by atoms with Crippen LogP contribution in [0.5, 0.6) is 11.5 Å². The molecular formula is C20H16N4O2. The van der Waals surface area contributed by atoms with E-state index in [1.54, 1.807) is 12.1 Å². The number of hydrogen-bond donors (Lipinski definition) is 2. The molecule has 2 N–H and O–H groups in total. The van der Waals surface area contributed by atoms with E-state index in [2.05, 4.69) is 20.5 Å². The van der Waals surface area contributed by atoms with Gasteiger partial charge >= 0.3 is 0 Å². The standard InChI is InChI=1S/C20H16N4O2/c1-13-16-11-14(12-21-19(16)24-23-13)20(25)22-17-9-5-6-10-18(17)26-15-7-3-2-4-8-15/h2-12H,1H3,(H,22,25)(H,21,23,24). The fourth-order valence-corrected chi connectivity index (χ4v) is 2.61. The number of anilines is 1. The maximum atomic E-state index is 12.7. The summed E-state index contributed by atoms with van der Waals surface area (Å²) in [6, 6.07) is 18.5. The van der Waals surface area contributed by atoms with Crippen LogP contribution in [0.25, 0.3) is 11.0 Å². The van der Waals surface area contributed by atoms with Gasteiger partial charge in [0.1, 0.15) is 5.75 Å². The maximum absolute atomic E-state index is 12.7. The third-order valence-corrected chi connectivity index (χ3v) is 3.97. The molecule has 0 aliphatic carbocycles. The highest BCUT2D eigenvalue weighted by Crippen LogP contribution is 2.29. The van der Waals surface area contributed by atoms with Gasteiger partial charge in [-0.1, -0.05) is 30.3 Å². The van der Waals surface area contributed by atoms with Crippen molar-refractivity contribution in [3.8, 4) is 11.5 Å². The summed E-state index contributed by atoms with van der Waals surface area (Å²) in [6.45, 7) is 1.89. The van der Waals surface area contributed by atoms with E-state index in [0.29, 0.717) is 28.4 Å². The second kappa shape index (κ2) is 6.68. The van der Waals surface area contributed by atoms with Crippen LogP contribution in [0.15, 0.2) is 66.9 Å². The van der Waals surface area contributed by atoms with Crippen LogP contribution in [0.1, 0.15) is 16.1 Å². The molecule has 4 rings (SSSR count). The van der Waals surface area contributed by atoms with Crippen LogP contribution in [0, 0.1) is 6.92 Å². The number of aryl methyl sites for hydroxylation is 1. The van der Waals surface area contributed by atoms with Crippen LogP contribution < -0.4 is 10.1 Å². The second-order valence-electron chi connectivity index (χ2n) is 5.81. The SMILES string of the molecule is Cc1[nH]nc2ncc(C(=O)Nc3ccccc3Oc3ccccc3)cc12. The van der Waals surface area contributed by atoms with E-state index in [0.717, 1.165) is 11.1 Å². The highest BCUT2D eigenvalue weighted by atomic mass is 16.5. The largest absolute Gasteiger partial charge is 0.455 e. The number of aromatic nitrogens is 3. The molecule has 0 saturated heterocycles. The maximum Gasteiger partial charge on any atom is 0.257 e. The second-order valence-corrected chi connectivity index (χ2v) is 5.81. The summed E-state index contributed by atoms with van der Waals surface area (Å²) in [5.74, 6) is 1.01. The van der Waals surface area contributed by atoms with Crippen molar-refractivity contribution in [1.29, 1.82) is 0 Å². The summed E-state index contributed by atoms with van der Waals surface area (Å²) in [7, 11) is 0. The number of H-pyrrole nitrogens is 1. The zero-order valence-electron chi connectivity index (χ0n) is 14.1. The summed E-state index contributed by atoms with van der Waals surface area (Å²) in [5, 5.41) is 10.7. The molecule has 0 bridgehead atoms. The Morgan fingerprint density at radius 1 is 1.08 bits per heavy atom. The molecule has 26 heavy (non-hydrogen) atoms. The molecular weight excluding hydrogens is 328 g/mol. The number of nitrogens with one attached hydrogen (secondary N) is 2. The lowest BCUT2D eigenvalue weighted by Gasteiger charge is -2.12. The first-order chi connectivity index (χ1) is 12.7. The summed E-state index contributed by atoms with van der Waals surface area (Å²) in [5.41, 5.74) is 2.50. The van der Waals surface area contributed by atoms with Crippen molar-refractivity contribution < 1.29 is 9.53 Å². The van der Waals surface area contributed by atoms with Crippen LogP contribution in [-0.2, 0) is 0 Å². The summed E-state index contributed by atoms with van der Waals surface area (Å²) >= 11 is 0. The van der Waals surface area contributed by atoms with Crippen LogP contribution >= 0.6 is 0 Å². The van der Waals surface area contributed by atoms with Crippen molar-refractivity contribution in [1.82, 2.24) is 15.2 Å². The third kappa shape index (κ3) is 3.12. The van der Waals surface area contributed by atoms with Gasteiger partial charge in [0, 0.05) is 17.3 Å². The Hall–Kier alpha value is -3.67. The molecule has 0 aliphatic heterocycles. The molecule has 2 aromatic carbocycles. The van der Waals surface area contributed by atoms with Crippen molar-refractivity contribution in [2.24, 2.45) is 0 Å². The number of hydrogen-bond acceptors (Lipinski definition) is 4. The quantitative estimate of drug-likeness (QED) is 0.578. The molecule has 6 heteroatoms. The zero-order valence-corrected chi connectivity index (χ0v) is 14.1. The predicted octanol–water partition coefficient (Wildman–Crippen LogP) is 4.31. The Bertz CT molecular complexity index is 1070. The van der Waals surface area contributed by atoms with E-state index in [1.807, 2.05) is 55.5 Å². The van der Waals surface area contributed by atoms with Gasteiger partial charge in [-0.2, -0.15) is 5.10 Å². The van der Waals surface area contributed by atoms with Crippen molar-refractivity contribution in [2.45, 2.75) is 6.92 Å². The zero-order chi connectivity index (χ0) is 17.9. The van der Waals surface area contributed by atoms with Gasteiger partial charge in [-0.25, -0.2) is 4.98 Å². The van der Waals surface area contributed by atoms with E-state index in [1.165, 1.54) is 6.20 Å². The van der Waals surface area contributed by atoms with E-state index in [4.69, 9.17) is 4.74 Å². The minimum atomic E-state index is -0.260. The number of carbonyl (C=O) groups is 1. The Morgan fingerprint density at radius 2 is 1.85 bits per heavy atom. The highest BCUT2D eigenvalue weighted by molar-refractivity contribution is 6.06. The predicted molar refractivity (Wildman–Crippen MR) is 99.5 cm³/mol. The van der Waals surface area contributed by atoms with Crippen LogP contribution in [0.3, 0.4) is 0 Å². The van der Waals surface area contributed by atoms with Gasteiger partial charge in [-0.3, -0.25) is 9.89 Å². The monoisotopic (exact) mass is 344 g/mol. The average Bonchev–Trinajstić information content (AvgIpc) is 3.04. The Balaban J connectivity index is 1.60. The van der Waals surface area contributed by atoms with Gasteiger partial charge < -0.3 is 10.1 Å². The molecule has 1 amide bonds. The minimum absolute atomic E-state index is 0.260. The van der Waals surface area contributed by atoms with Crippen LogP contribution in [0.2, 0.25) is 0 Å². The number of pyridine rings is 1. The van der Waals surface area contributed by atoms with Crippen molar-refractivity contribution in [3.05, 3.63) is 78.1 Å². The minimum Gasteiger partial charge on any atom is -0.455 e. The Labute approximate surface area is 149 Å². The topological polar surface area (TPSA) is 79.9 Å². The van der Waals surface area contributed by atoms with Gasteiger partial charge in [0.25, 0.3) is 5.91 Å². The molecule has 128 valence electrons. The first-order valence-corrected chi connectivity index (χ1v) is 8.15. The molecule has 6 nitrogen and oxygen atoms in total. The van der Waals surface area contributed by atoms with Crippen LogP contribution in [0.4, 0.5) is 5.69 Å². The molecule has 0 unspecified atom stereocenters. The van der Waals surface area contributed by atoms with Crippen molar-refractivity contribution >= 4 is 22.6 Å². The molecule has 0 radical (unpaired) electrons. The van der Waals surface area contributed by atoms with E-state index in [-0.39, 0.29) is 5.91 Å². The third-order valence-electron chi connectivity index (χ3n) is 3.97. The molecule has 0 spiro atoms.